The van der Waals surface area contributed by atoms with Crippen molar-refractivity contribution in [3.63, 3.8) is 0 Å². The lowest BCUT2D eigenvalue weighted by Gasteiger charge is -2.20. The van der Waals surface area contributed by atoms with Crippen LogP contribution in [-0.4, -0.2) is 23.3 Å². The van der Waals surface area contributed by atoms with Crippen LogP contribution in [0.25, 0.3) is 0 Å². The Morgan fingerprint density at radius 1 is 1.57 bits per heavy atom. The molecule has 2 aliphatic carbocycles. The molecule has 0 aliphatic heterocycles. The van der Waals surface area contributed by atoms with Crippen LogP contribution in [0.2, 0.25) is 0 Å². The van der Waals surface area contributed by atoms with Gasteiger partial charge in [-0.25, -0.2) is 5.06 Å². The van der Waals surface area contributed by atoms with Gasteiger partial charge in [-0.3, -0.25) is 10.6 Å². The molecule has 76 valence electrons. The average molecular weight is 214 g/mol. The van der Waals surface area contributed by atoms with E-state index in [0.29, 0.717) is 5.06 Å². The van der Waals surface area contributed by atoms with Crippen molar-refractivity contribution in [2.24, 2.45) is 5.73 Å². The maximum atomic E-state index is 8.11. The van der Waals surface area contributed by atoms with E-state index in [0.717, 1.165) is 0 Å². The van der Waals surface area contributed by atoms with Gasteiger partial charge >= 0.3 is 0 Å². The summed E-state index contributed by atoms with van der Waals surface area (Å²) in [4.78, 5) is 0. The predicted molar refractivity (Wildman–Crippen MR) is 55.6 cm³/mol. The standard InChI is InChI=1S/C7H5Cl.C2H7N3O/c8-7-5-2-1-3-6(7)4-5;1-5(6)2(3)4/h1-4,7H;6H,1H3,(H3,3,4). The van der Waals surface area contributed by atoms with Crippen molar-refractivity contribution in [1.82, 2.24) is 5.06 Å². The number of nitrogens with one attached hydrogen (secondary N) is 1. The largest absolute Gasteiger partial charge is 0.368 e. The van der Waals surface area contributed by atoms with E-state index in [1.165, 1.54) is 18.2 Å². The lowest BCUT2D eigenvalue weighted by molar-refractivity contribution is 0.0110. The normalized spacial score (nSPS) is 12.2. The van der Waals surface area contributed by atoms with Gasteiger partial charge in [0.1, 0.15) is 0 Å². The highest BCUT2D eigenvalue weighted by Gasteiger charge is 2.18. The van der Waals surface area contributed by atoms with Crippen molar-refractivity contribution >= 4 is 17.6 Å². The molecule has 2 bridgehead atoms. The second-order valence-corrected chi connectivity index (χ2v) is 3.38. The van der Waals surface area contributed by atoms with E-state index in [9.17, 15) is 0 Å². The summed E-state index contributed by atoms with van der Waals surface area (Å²) in [6.07, 6.45) is 0. The molecule has 0 fully saturated rings. The van der Waals surface area contributed by atoms with Gasteiger partial charge in [-0.1, -0.05) is 24.3 Å². The average Bonchev–Trinajstić information content (AvgIpc) is 2.19. The SMILES string of the molecule is CN(O)C(=N)N.ClC1c2cccc1c2. The Kier molecular flexibility index (Phi) is 3.33. The fourth-order valence-electron chi connectivity index (χ4n) is 0.971. The Bertz CT molecular complexity index is 314. The van der Waals surface area contributed by atoms with Gasteiger partial charge < -0.3 is 5.73 Å². The maximum Gasteiger partial charge on any atom is 0.212 e. The summed E-state index contributed by atoms with van der Waals surface area (Å²) >= 11 is 5.83. The van der Waals surface area contributed by atoms with Crippen molar-refractivity contribution < 1.29 is 5.21 Å². The summed E-state index contributed by atoms with van der Waals surface area (Å²) in [6, 6.07) is 8.23. The smallest absolute Gasteiger partial charge is 0.212 e. The number of hydrogen-bond acceptors (Lipinski definition) is 2. The number of hydroxylamine groups is 2. The molecule has 1 aromatic carbocycles. The fourth-order valence-corrected chi connectivity index (χ4v) is 1.24. The zero-order valence-electron chi connectivity index (χ0n) is 7.74. The first-order valence-corrected chi connectivity index (χ1v) is 4.46. The first-order valence-electron chi connectivity index (χ1n) is 4.03. The minimum Gasteiger partial charge on any atom is -0.368 e. The van der Waals surface area contributed by atoms with E-state index in [1.54, 1.807) is 0 Å². The van der Waals surface area contributed by atoms with Gasteiger partial charge in [0.25, 0.3) is 0 Å². The summed E-state index contributed by atoms with van der Waals surface area (Å²) in [6.45, 7) is 0. The molecule has 3 rings (SSSR count). The van der Waals surface area contributed by atoms with Crippen LogP contribution in [0.15, 0.2) is 24.3 Å². The van der Waals surface area contributed by atoms with E-state index >= 15 is 0 Å². The zero-order valence-corrected chi connectivity index (χ0v) is 8.49. The van der Waals surface area contributed by atoms with Gasteiger partial charge in [0.05, 0.1) is 5.38 Å². The number of nitrogens with zero attached hydrogens (tertiary/aromatic N) is 1. The molecule has 0 aromatic heterocycles. The quantitative estimate of drug-likeness (QED) is 0.265. The van der Waals surface area contributed by atoms with Crippen molar-refractivity contribution in [2.45, 2.75) is 5.38 Å². The Labute approximate surface area is 87.4 Å². The van der Waals surface area contributed by atoms with Crippen LogP contribution in [0.5, 0.6) is 0 Å². The first kappa shape index (κ1) is 10.8. The molecule has 0 atom stereocenters. The number of fused-ring (bicyclic) bond motifs is 2. The van der Waals surface area contributed by atoms with Crippen LogP contribution in [0.3, 0.4) is 0 Å². The second kappa shape index (κ2) is 4.30. The third-order valence-electron chi connectivity index (χ3n) is 1.84. The number of rotatable bonds is 0. The molecule has 4 N–H and O–H groups in total. The van der Waals surface area contributed by atoms with Crippen molar-refractivity contribution in [3.8, 4) is 0 Å². The zero-order chi connectivity index (χ0) is 10.7. The predicted octanol–water partition coefficient (Wildman–Crippen LogP) is 1.53. The summed E-state index contributed by atoms with van der Waals surface area (Å²) in [5.41, 5.74) is 7.20. The molecule has 0 unspecified atom stereocenters. The molecule has 2 aliphatic rings. The highest BCUT2D eigenvalue weighted by molar-refractivity contribution is 6.23. The molecular weight excluding hydrogens is 202 g/mol. The number of benzene rings is 1. The van der Waals surface area contributed by atoms with Crippen LogP contribution in [0, 0.1) is 5.41 Å². The number of halogens is 1. The van der Waals surface area contributed by atoms with E-state index < -0.39 is 0 Å². The summed E-state index contributed by atoms with van der Waals surface area (Å²) < 4.78 is 0. The first-order chi connectivity index (χ1) is 6.52. The van der Waals surface area contributed by atoms with Gasteiger partial charge in [0.2, 0.25) is 5.96 Å². The summed E-state index contributed by atoms with van der Waals surface area (Å²) in [7, 11) is 1.28. The molecule has 0 spiro atoms. The van der Waals surface area contributed by atoms with E-state index in [4.69, 9.17) is 28.0 Å². The molecule has 14 heavy (non-hydrogen) atoms. The Balaban J connectivity index is 0.000000149. The molecule has 0 saturated heterocycles. The van der Waals surface area contributed by atoms with Gasteiger partial charge in [-0.05, 0) is 11.1 Å². The van der Waals surface area contributed by atoms with Crippen LogP contribution in [0.4, 0.5) is 0 Å². The van der Waals surface area contributed by atoms with Crippen molar-refractivity contribution in [2.75, 3.05) is 7.05 Å². The van der Waals surface area contributed by atoms with Gasteiger partial charge in [-0.2, -0.15) is 0 Å². The van der Waals surface area contributed by atoms with E-state index in [2.05, 4.69) is 6.07 Å². The molecule has 4 nitrogen and oxygen atoms in total. The van der Waals surface area contributed by atoms with Crippen LogP contribution in [-0.2, 0) is 0 Å². The molecule has 0 amide bonds. The van der Waals surface area contributed by atoms with Crippen molar-refractivity contribution in [3.05, 3.63) is 35.4 Å². The second-order valence-electron chi connectivity index (χ2n) is 2.94. The molecular formula is C9H12ClN3O. The van der Waals surface area contributed by atoms with Gasteiger partial charge in [0.15, 0.2) is 0 Å². The minimum atomic E-state index is -0.352. The summed E-state index contributed by atoms with van der Waals surface area (Å²) in [5.74, 6) is -0.352. The lowest BCUT2D eigenvalue weighted by Crippen LogP contribution is -2.29. The number of hydrogen-bond donors (Lipinski definition) is 3. The Morgan fingerprint density at radius 2 is 2.00 bits per heavy atom. The maximum absolute atomic E-state index is 8.11. The van der Waals surface area contributed by atoms with E-state index in [-0.39, 0.29) is 11.3 Å². The van der Waals surface area contributed by atoms with Crippen LogP contribution in [0.1, 0.15) is 16.5 Å². The van der Waals surface area contributed by atoms with Crippen LogP contribution < -0.4 is 5.73 Å². The Hall–Kier alpha value is -1.26. The fraction of sp³-hybridized carbons (Fsp3) is 0.222. The monoisotopic (exact) mass is 213 g/mol. The molecule has 0 saturated carbocycles. The number of alkyl halides is 1. The topological polar surface area (TPSA) is 73.3 Å². The number of guanidine groups is 1. The molecule has 5 heteroatoms. The molecule has 0 heterocycles. The Morgan fingerprint density at radius 3 is 2.14 bits per heavy atom. The number of nitrogens with two attached hydrogens (primary N) is 1. The minimum absolute atomic E-state index is 0.208. The third-order valence-corrected chi connectivity index (χ3v) is 2.35. The third kappa shape index (κ3) is 2.37. The highest BCUT2D eigenvalue weighted by Crippen LogP contribution is 2.37. The van der Waals surface area contributed by atoms with Crippen LogP contribution >= 0.6 is 11.6 Å². The lowest BCUT2D eigenvalue weighted by atomic mass is 9.93. The molecule has 1 aromatic rings. The van der Waals surface area contributed by atoms with Crippen molar-refractivity contribution in [1.29, 1.82) is 5.41 Å². The van der Waals surface area contributed by atoms with Gasteiger partial charge in [0, 0.05) is 7.05 Å². The molecule has 0 radical (unpaired) electrons. The summed E-state index contributed by atoms with van der Waals surface area (Å²) in [5, 5.41) is 15.3. The highest BCUT2D eigenvalue weighted by atomic mass is 35.5. The van der Waals surface area contributed by atoms with Gasteiger partial charge in [-0.15, -0.1) is 11.6 Å². The van der Waals surface area contributed by atoms with E-state index in [1.807, 2.05) is 18.2 Å².